The highest BCUT2D eigenvalue weighted by atomic mass is 14.9. The van der Waals surface area contributed by atoms with Gasteiger partial charge in [0.2, 0.25) is 0 Å². The molecule has 0 aliphatic rings. The zero-order valence-corrected chi connectivity index (χ0v) is 12.1. The molecule has 0 saturated heterocycles. The van der Waals surface area contributed by atoms with Crippen LogP contribution < -0.4 is 5.32 Å². The first-order chi connectivity index (χ1) is 9.16. The van der Waals surface area contributed by atoms with Crippen LogP contribution in [0.25, 0.3) is 0 Å². The van der Waals surface area contributed by atoms with Gasteiger partial charge in [-0.2, -0.15) is 0 Å². The maximum absolute atomic E-state index is 3.56. The van der Waals surface area contributed by atoms with E-state index in [-0.39, 0.29) is 0 Å². The van der Waals surface area contributed by atoms with E-state index in [1.165, 1.54) is 16.7 Å². The molecule has 19 heavy (non-hydrogen) atoms. The van der Waals surface area contributed by atoms with E-state index < -0.39 is 0 Å². The molecule has 0 aromatic heterocycles. The molecule has 2 aromatic carbocycles. The van der Waals surface area contributed by atoms with Gasteiger partial charge in [0.05, 0.1) is 0 Å². The molecular formula is C18H23N. The molecule has 0 fully saturated rings. The lowest BCUT2D eigenvalue weighted by Gasteiger charge is -2.14. The Morgan fingerprint density at radius 2 is 1.42 bits per heavy atom. The van der Waals surface area contributed by atoms with Crippen molar-refractivity contribution in [1.29, 1.82) is 0 Å². The van der Waals surface area contributed by atoms with E-state index in [4.69, 9.17) is 0 Å². The van der Waals surface area contributed by atoms with Crippen molar-refractivity contribution in [2.24, 2.45) is 0 Å². The van der Waals surface area contributed by atoms with Crippen molar-refractivity contribution in [3.8, 4) is 0 Å². The van der Waals surface area contributed by atoms with Crippen molar-refractivity contribution in [3.63, 3.8) is 0 Å². The van der Waals surface area contributed by atoms with Crippen LogP contribution in [-0.2, 0) is 6.54 Å². The van der Waals surface area contributed by atoms with Crippen molar-refractivity contribution in [2.45, 2.75) is 39.3 Å². The Hall–Kier alpha value is -1.60. The molecule has 1 N–H and O–H groups in total. The summed E-state index contributed by atoms with van der Waals surface area (Å²) >= 11 is 0. The normalized spacial score (nSPS) is 12.6. The lowest BCUT2D eigenvalue weighted by molar-refractivity contribution is 0.574. The molecule has 0 saturated carbocycles. The van der Waals surface area contributed by atoms with Gasteiger partial charge in [0.15, 0.2) is 0 Å². The fourth-order valence-electron chi connectivity index (χ4n) is 2.15. The molecule has 0 unspecified atom stereocenters. The van der Waals surface area contributed by atoms with Gasteiger partial charge in [-0.3, -0.25) is 0 Å². The molecule has 0 bridgehead atoms. The first-order valence-electron chi connectivity index (χ1n) is 7.04. The zero-order valence-electron chi connectivity index (χ0n) is 12.1. The molecule has 1 heteroatoms. The van der Waals surface area contributed by atoms with Gasteiger partial charge in [-0.15, -0.1) is 0 Å². The quantitative estimate of drug-likeness (QED) is 0.817. The molecule has 1 atom stereocenters. The monoisotopic (exact) mass is 253 g/mol. The van der Waals surface area contributed by atoms with E-state index in [9.17, 15) is 0 Å². The van der Waals surface area contributed by atoms with E-state index in [0.29, 0.717) is 12.0 Å². The van der Waals surface area contributed by atoms with Gasteiger partial charge in [0.25, 0.3) is 0 Å². The molecule has 2 rings (SSSR count). The summed E-state index contributed by atoms with van der Waals surface area (Å²) in [7, 11) is 0. The van der Waals surface area contributed by atoms with Gasteiger partial charge in [0, 0.05) is 12.6 Å². The molecule has 0 spiro atoms. The molecule has 0 aliphatic heterocycles. The average Bonchev–Trinajstić information content (AvgIpc) is 2.46. The Morgan fingerprint density at radius 3 is 2.00 bits per heavy atom. The van der Waals surface area contributed by atoms with Crippen LogP contribution in [0, 0.1) is 0 Å². The lowest BCUT2D eigenvalue weighted by atomic mass is 10.0. The van der Waals surface area contributed by atoms with E-state index in [1.807, 2.05) is 0 Å². The average molecular weight is 253 g/mol. The minimum absolute atomic E-state index is 0.381. The third-order valence-corrected chi connectivity index (χ3v) is 3.56. The summed E-state index contributed by atoms with van der Waals surface area (Å²) in [6, 6.07) is 19.9. The van der Waals surface area contributed by atoms with E-state index >= 15 is 0 Å². The number of nitrogens with one attached hydrogen (secondary N) is 1. The first kappa shape index (κ1) is 13.8. The number of benzene rings is 2. The number of rotatable bonds is 5. The number of hydrogen-bond donors (Lipinski definition) is 1. The third-order valence-electron chi connectivity index (χ3n) is 3.56. The molecule has 0 aliphatic carbocycles. The molecule has 0 radical (unpaired) electrons. The van der Waals surface area contributed by atoms with Gasteiger partial charge in [-0.25, -0.2) is 0 Å². The second-order valence-electron chi connectivity index (χ2n) is 5.41. The summed E-state index contributed by atoms with van der Waals surface area (Å²) in [6.45, 7) is 7.57. The Bertz CT molecular complexity index is 485. The summed E-state index contributed by atoms with van der Waals surface area (Å²) in [6.07, 6.45) is 0. The van der Waals surface area contributed by atoms with Gasteiger partial charge < -0.3 is 5.32 Å². The van der Waals surface area contributed by atoms with Crippen molar-refractivity contribution < 1.29 is 0 Å². The highest BCUT2D eigenvalue weighted by Crippen LogP contribution is 2.16. The summed E-state index contributed by atoms with van der Waals surface area (Å²) in [5.74, 6) is 0.602. The van der Waals surface area contributed by atoms with Crippen LogP contribution in [0.2, 0.25) is 0 Å². The van der Waals surface area contributed by atoms with Crippen LogP contribution in [0.3, 0.4) is 0 Å². The molecule has 2 aromatic rings. The van der Waals surface area contributed by atoms with Crippen molar-refractivity contribution in [2.75, 3.05) is 0 Å². The molecular weight excluding hydrogens is 230 g/mol. The topological polar surface area (TPSA) is 12.0 Å². The number of hydrogen-bond acceptors (Lipinski definition) is 1. The Balaban J connectivity index is 1.92. The Kier molecular flexibility index (Phi) is 4.75. The van der Waals surface area contributed by atoms with Gasteiger partial charge in [0.1, 0.15) is 0 Å². The minimum atomic E-state index is 0.381. The summed E-state index contributed by atoms with van der Waals surface area (Å²) < 4.78 is 0. The van der Waals surface area contributed by atoms with Gasteiger partial charge >= 0.3 is 0 Å². The van der Waals surface area contributed by atoms with E-state index in [1.54, 1.807) is 0 Å². The highest BCUT2D eigenvalue weighted by molar-refractivity contribution is 5.25. The molecule has 0 amide bonds. The van der Waals surface area contributed by atoms with Crippen LogP contribution in [0.1, 0.15) is 49.4 Å². The maximum Gasteiger partial charge on any atom is 0.0294 e. The van der Waals surface area contributed by atoms with Crippen LogP contribution in [0.4, 0.5) is 0 Å². The second kappa shape index (κ2) is 6.53. The summed E-state index contributed by atoms with van der Waals surface area (Å²) in [5.41, 5.74) is 4.08. The fourth-order valence-corrected chi connectivity index (χ4v) is 2.15. The molecule has 0 heterocycles. The summed E-state index contributed by atoms with van der Waals surface area (Å²) in [4.78, 5) is 0. The van der Waals surface area contributed by atoms with Gasteiger partial charge in [-0.05, 0) is 29.5 Å². The predicted molar refractivity (Wildman–Crippen MR) is 82.2 cm³/mol. The minimum Gasteiger partial charge on any atom is -0.306 e. The fraction of sp³-hybridized carbons (Fsp3) is 0.333. The van der Waals surface area contributed by atoms with Crippen molar-refractivity contribution in [3.05, 3.63) is 71.3 Å². The third kappa shape index (κ3) is 3.93. The summed E-state index contributed by atoms with van der Waals surface area (Å²) in [5, 5.41) is 3.56. The SMILES string of the molecule is CC(C)c1ccc(CN[C@@H](C)c2ccccc2)cc1. The second-order valence-corrected chi connectivity index (χ2v) is 5.41. The molecule has 100 valence electrons. The largest absolute Gasteiger partial charge is 0.306 e. The highest BCUT2D eigenvalue weighted by Gasteiger charge is 2.04. The maximum atomic E-state index is 3.56. The van der Waals surface area contributed by atoms with Crippen LogP contribution >= 0.6 is 0 Å². The standard InChI is InChI=1S/C18H23N/c1-14(2)17-11-9-16(10-12-17)13-19-15(3)18-7-5-4-6-8-18/h4-12,14-15,19H,13H2,1-3H3/t15-/m0/s1. The van der Waals surface area contributed by atoms with Crippen molar-refractivity contribution in [1.82, 2.24) is 5.32 Å². The van der Waals surface area contributed by atoms with Crippen LogP contribution in [0.15, 0.2) is 54.6 Å². The Morgan fingerprint density at radius 1 is 0.789 bits per heavy atom. The first-order valence-corrected chi connectivity index (χ1v) is 7.04. The van der Waals surface area contributed by atoms with Crippen LogP contribution in [-0.4, -0.2) is 0 Å². The Labute approximate surface area is 116 Å². The predicted octanol–water partition coefficient (Wildman–Crippen LogP) is 4.66. The smallest absolute Gasteiger partial charge is 0.0294 e. The van der Waals surface area contributed by atoms with Gasteiger partial charge in [-0.1, -0.05) is 68.4 Å². The van der Waals surface area contributed by atoms with Crippen molar-refractivity contribution >= 4 is 0 Å². The lowest BCUT2D eigenvalue weighted by Crippen LogP contribution is -2.17. The zero-order chi connectivity index (χ0) is 13.7. The van der Waals surface area contributed by atoms with E-state index in [0.717, 1.165) is 6.54 Å². The molecule has 1 nitrogen and oxygen atoms in total. The van der Waals surface area contributed by atoms with E-state index in [2.05, 4.69) is 80.7 Å². The van der Waals surface area contributed by atoms with Crippen LogP contribution in [0.5, 0.6) is 0 Å².